The second-order valence-electron chi connectivity index (χ2n) is 6.89. The van der Waals surface area contributed by atoms with E-state index in [4.69, 9.17) is 4.74 Å². The maximum atomic E-state index is 15.4. The summed E-state index contributed by atoms with van der Waals surface area (Å²) in [6.07, 6.45) is -0.600. The number of carbonyl (C=O) groups is 1. The summed E-state index contributed by atoms with van der Waals surface area (Å²) in [7, 11) is 1.26. The first kappa shape index (κ1) is 25.2. The highest BCUT2D eigenvalue weighted by molar-refractivity contribution is 9.10. The molecule has 160 valence electrons. The van der Waals surface area contributed by atoms with Gasteiger partial charge in [-0.15, -0.1) is 4.72 Å². The molecule has 2 atom stereocenters. The van der Waals surface area contributed by atoms with Crippen molar-refractivity contribution in [3.8, 4) is 0 Å². The number of nitrogens with one attached hydrogen (secondary N) is 1. The summed E-state index contributed by atoms with van der Waals surface area (Å²) < 4.78 is 69.1. The zero-order chi connectivity index (χ0) is 21.8. The van der Waals surface area contributed by atoms with E-state index < -0.39 is 51.5 Å². The van der Waals surface area contributed by atoms with Crippen LogP contribution in [0.15, 0.2) is 16.7 Å². The van der Waals surface area contributed by atoms with Crippen molar-refractivity contribution in [2.24, 2.45) is 0 Å². The highest BCUT2D eigenvalue weighted by Crippen LogP contribution is 2.43. The highest BCUT2D eigenvalue weighted by atomic mass is 79.9. The van der Waals surface area contributed by atoms with Crippen LogP contribution in [0.25, 0.3) is 0 Å². The van der Waals surface area contributed by atoms with E-state index in [2.05, 4.69) is 30.4 Å². The van der Waals surface area contributed by atoms with Crippen LogP contribution in [0.4, 0.5) is 13.2 Å². The quantitative estimate of drug-likeness (QED) is 0.325. The van der Waals surface area contributed by atoms with Gasteiger partial charge < -0.3 is 14.0 Å². The van der Waals surface area contributed by atoms with Crippen LogP contribution in [0.2, 0.25) is 0 Å². The summed E-state index contributed by atoms with van der Waals surface area (Å²) in [6, 6.07) is 2.15. The molecule has 0 aromatic carbocycles. The number of alkyl halides is 2. The number of ether oxygens (including phenoxy) is 2. The van der Waals surface area contributed by atoms with Crippen LogP contribution < -0.4 is 4.72 Å². The van der Waals surface area contributed by atoms with Gasteiger partial charge >= 0.3 is 11.9 Å². The van der Waals surface area contributed by atoms with Crippen LogP contribution in [0.1, 0.15) is 39.8 Å². The fraction of sp³-hybridized carbons (Fsp3) is 0.647. The molecule has 28 heavy (non-hydrogen) atoms. The molecule has 11 heteroatoms. The van der Waals surface area contributed by atoms with Gasteiger partial charge in [-0.1, -0.05) is 0 Å². The molecule has 0 radical (unpaired) electrons. The Morgan fingerprint density at radius 2 is 1.96 bits per heavy atom. The SMILES string of the molecule is CCOC(=O)C(F)(F)[C@](CCOC)(N[S+]([O-])C(C)(C)C)c1nc(Br)ccc1F. The topological polar surface area (TPSA) is 83.5 Å². The second kappa shape index (κ2) is 9.75. The van der Waals surface area contributed by atoms with E-state index in [9.17, 15) is 13.7 Å². The van der Waals surface area contributed by atoms with Gasteiger partial charge in [-0.3, -0.25) is 0 Å². The molecule has 0 saturated heterocycles. The molecule has 0 aliphatic carbocycles. The molecule has 1 unspecified atom stereocenters. The van der Waals surface area contributed by atoms with Crippen LogP contribution in [0.3, 0.4) is 0 Å². The van der Waals surface area contributed by atoms with Crippen LogP contribution in [0.5, 0.6) is 0 Å². The monoisotopic (exact) mass is 488 g/mol. The average Bonchev–Trinajstić information content (AvgIpc) is 2.59. The second-order valence-corrected chi connectivity index (χ2v) is 9.67. The van der Waals surface area contributed by atoms with Gasteiger partial charge in [-0.2, -0.15) is 8.78 Å². The Morgan fingerprint density at radius 3 is 2.46 bits per heavy atom. The van der Waals surface area contributed by atoms with Gasteiger partial charge in [-0.25, -0.2) is 14.2 Å². The average molecular weight is 489 g/mol. The Morgan fingerprint density at radius 1 is 1.36 bits per heavy atom. The third-order valence-electron chi connectivity index (χ3n) is 3.79. The van der Waals surface area contributed by atoms with Gasteiger partial charge in [0.25, 0.3) is 0 Å². The van der Waals surface area contributed by atoms with Gasteiger partial charge in [0.05, 0.1) is 6.61 Å². The number of nitrogens with zero attached hydrogens (tertiary/aromatic N) is 1. The molecule has 1 heterocycles. The fourth-order valence-electron chi connectivity index (χ4n) is 2.27. The molecule has 0 spiro atoms. The smallest absolute Gasteiger partial charge is 0.379 e. The third-order valence-corrected chi connectivity index (χ3v) is 5.88. The van der Waals surface area contributed by atoms with Gasteiger partial charge in [-0.05, 0) is 55.8 Å². The van der Waals surface area contributed by atoms with Gasteiger partial charge in [0.15, 0.2) is 5.54 Å². The molecule has 0 fully saturated rings. The summed E-state index contributed by atoms with van der Waals surface area (Å²) >= 11 is 0.916. The number of halogens is 4. The fourth-order valence-corrected chi connectivity index (χ4v) is 3.53. The molecule has 0 aliphatic rings. The Hall–Kier alpha value is -0.880. The molecule has 1 aromatic rings. The van der Waals surface area contributed by atoms with Crippen LogP contribution in [0, 0.1) is 5.82 Å². The molecule has 1 N–H and O–H groups in total. The molecule has 0 aliphatic heterocycles. The number of hydrogen-bond donors (Lipinski definition) is 1. The van der Waals surface area contributed by atoms with E-state index in [-0.39, 0.29) is 17.8 Å². The maximum Gasteiger partial charge on any atom is 0.379 e. The minimum atomic E-state index is -4.31. The van der Waals surface area contributed by atoms with Crippen LogP contribution in [-0.2, 0) is 31.2 Å². The van der Waals surface area contributed by atoms with E-state index >= 15 is 8.78 Å². The van der Waals surface area contributed by atoms with Crippen molar-refractivity contribution in [2.45, 2.75) is 50.3 Å². The summed E-state index contributed by atoms with van der Waals surface area (Å²) in [4.78, 5) is 16.0. The Balaban J connectivity index is 3.76. The first-order chi connectivity index (χ1) is 12.8. The molecular weight excluding hydrogens is 465 g/mol. The van der Waals surface area contributed by atoms with E-state index in [0.717, 1.165) is 6.07 Å². The van der Waals surface area contributed by atoms with E-state index in [1.165, 1.54) is 20.1 Å². The number of pyridine rings is 1. The predicted octanol–water partition coefficient (Wildman–Crippen LogP) is 3.47. The van der Waals surface area contributed by atoms with E-state index in [0.29, 0.717) is 0 Å². The lowest BCUT2D eigenvalue weighted by molar-refractivity contribution is -0.187. The number of aromatic nitrogens is 1. The summed E-state index contributed by atoms with van der Waals surface area (Å²) in [5.41, 5.74) is -3.55. The maximum absolute atomic E-state index is 15.4. The zero-order valence-electron chi connectivity index (χ0n) is 16.3. The van der Waals surface area contributed by atoms with Gasteiger partial charge in [0.1, 0.15) is 20.9 Å². The molecule has 1 aromatic heterocycles. The Labute approximate surface area is 174 Å². The predicted molar refractivity (Wildman–Crippen MR) is 103 cm³/mol. The van der Waals surface area contributed by atoms with Gasteiger partial charge in [0.2, 0.25) is 0 Å². The standard InChI is InChI=1S/C17H24BrF3N2O4S/c1-6-27-14(24)17(20,21)16(9-10-26-5,23-28(25)15(2,3)4)13-11(19)7-8-12(18)22-13/h7-8,23H,6,9-10H2,1-5H3/t16-,28?/m1/s1. The van der Waals surface area contributed by atoms with Crippen LogP contribution in [-0.4, -0.2) is 46.5 Å². The molecule has 0 saturated carbocycles. The molecule has 0 bridgehead atoms. The Kier molecular flexibility index (Phi) is 8.76. The number of carbonyl (C=O) groups excluding carboxylic acids is 1. The summed E-state index contributed by atoms with van der Waals surface area (Å²) in [5, 5.41) is 0. The molecule has 6 nitrogen and oxygen atoms in total. The normalized spacial score (nSPS) is 15.8. The van der Waals surface area contributed by atoms with Crippen molar-refractivity contribution in [3.05, 3.63) is 28.2 Å². The largest absolute Gasteiger partial charge is 0.598 e. The minimum absolute atomic E-state index is 0.0636. The minimum Gasteiger partial charge on any atom is -0.598 e. The lowest BCUT2D eigenvalue weighted by atomic mass is 9.84. The van der Waals surface area contributed by atoms with Crippen molar-refractivity contribution in [1.82, 2.24) is 9.71 Å². The zero-order valence-corrected chi connectivity index (χ0v) is 18.7. The summed E-state index contributed by atoms with van der Waals surface area (Å²) in [5.74, 6) is -7.29. The first-order valence-corrected chi connectivity index (χ1v) is 10.3. The van der Waals surface area contributed by atoms with Crippen LogP contribution >= 0.6 is 15.9 Å². The van der Waals surface area contributed by atoms with Crippen molar-refractivity contribution < 1.29 is 32.0 Å². The van der Waals surface area contributed by atoms with E-state index in [1.54, 1.807) is 20.8 Å². The van der Waals surface area contributed by atoms with Crippen molar-refractivity contribution in [3.63, 3.8) is 0 Å². The number of methoxy groups -OCH3 is 1. The third kappa shape index (κ3) is 5.38. The Bertz CT molecular complexity index is 691. The first-order valence-electron chi connectivity index (χ1n) is 8.39. The summed E-state index contributed by atoms with van der Waals surface area (Å²) in [6.45, 7) is 5.39. The number of rotatable bonds is 9. The van der Waals surface area contributed by atoms with Crippen molar-refractivity contribution >= 4 is 33.3 Å². The molecule has 0 amide bonds. The van der Waals surface area contributed by atoms with E-state index in [1.807, 2.05) is 0 Å². The number of esters is 1. The van der Waals surface area contributed by atoms with Gasteiger partial charge in [0, 0.05) is 31.5 Å². The van der Waals surface area contributed by atoms with Crippen molar-refractivity contribution in [2.75, 3.05) is 20.3 Å². The molecule has 1 rings (SSSR count). The number of hydrogen-bond acceptors (Lipinski definition) is 6. The van der Waals surface area contributed by atoms with Crippen molar-refractivity contribution in [1.29, 1.82) is 0 Å². The highest BCUT2D eigenvalue weighted by Gasteiger charge is 2.66. The molecular formula is C17H24BrF3N2O4S. The lowest BCUT2D eigenvalue weighted by Crippen LogP contribution is -2.64. The lowest BCUT2D eigenvalue weighted by Gasteiger charge is -2.40.